The van der Waals surface area contributed by atoms with Crippen LogP contribution in [0.2, 0.25) is 0 Å². The van der Waals surface area contributed by atoms with Crippen molar-refractivity contribution >= 4 is 27.3 Å². The summed E-state index contributed by atoms with van der Waals surface area (Å²) >= 11 is 1.61. The Kier molecular flexibility index (Phi) is 5.96. The minimum atomic E-state index is -3.68. The number of hydrogen-bond acceptors (Lipinski definition) is 7. The molecule has 1 aromatic carbocycles. The van der Waals surface area contributed by atoms with Gasteiger partial charge in [0, 0.05) is 37.1 Å². The highest BCUT2D eigenvalue weighted by molar-refractivity contribution is 7.89. The molecule has 0 saturated carbocycles. The van der Waals surface area contributed by atoms with Gasteiger partial charge in [-0.05, 0) is 26.3 Å². The van der Waals surface area contributed by atoms with Crippen LogP contribution in [0.1, 0.15) is 22.0 Å². The van der Waals surface area contributed by atoms with Gasteiger partial charge in [0.1, 0.15) is 10.6 Å². The predicted molar refractivity (Wildman–Crippen MR) is 117 cm³/mol. The molecule has 3 aromatic rings. The van der Waals surface area contributed by atoms with E-state index in [0.29, 0.717) is 18.8 Å². The number of rotatable bonds is 5. The van der Waals surface area contributed by atoms with Gasteiger partial charge < -0.3 is 9.42 Å². The van der Waals surface area contributed by atoms with E-state index in [1.807, 2.05) is 36.6 Å². The number of aromatic nitrogens is 2. The maximum Gasteiger partial charge on any atom is 0.248 e. The molecule has 1 fully saturated rings. The first-order chi connectivity index (χ1) is 14.8. The number of carbonyl (C=O) groups is 1. The van der Waals surface area contributed by atoms with Crippen LogP contribution < -0.4 is 0 Å². The lowest BCUT2D eigenvalue weighted by molar-refractivity contribution is -0.131. The molecule has 0 atom stereocenters. The molecular weight excluding hydrogens is 436 g/mol. The third-order valence-corrected chi connectivity index (χ3v) is 8.30. The fourth-order valence-electron chi connectivity index (χ4n) is 3.73. The molecule has 1 amide bonds. The highest BCUT2D eigenvalue weighted by Gasteiger charge is 2.34. The van der Waals surface area contributed by atoms with E-state index in [1.165, 1.54) is 4.31 Å². The van der Waals surface area contributed by atoms with Crippen molar-refractivity contribution in [2.45, 2.75) is 32.1 Å². The molecule has 0 radical (unpaired) electrons. The zero-order valence-corrected chi connectivity index (χ0v) is 19.3. The number of hydrogen-bond donors (Lipinski definition) is 0. The first-order valence-electron chi connectivity index (χ1n) is 9.98. The van der Waals surface area contributed by atoms with E-state index in [-0.39, 0.29) is 36.1 Å². The van der Waals surface area contributed by atoms with Crippen molar-refractivity contribution in [3.8, 4) is 11.3 Å². The smallest absolute Gasteiger partial charge is 0.248 e. The van der Waals surface area contributed by atoms with Crippen LogP contribution in [0.4, 0.5) is 0 Å². The number of benzene rings is 1. The molecule has 8 nitrogen and oxygen atoms in total. The fraction of sp³-hybridized carbons (Fsp3) is 0.381. The van der Waals surface area contributed by atoms with Gasteiger partial charge in [0.15, 0.2) is 5.76 Å². The molecule has 164 valence electrons. The summed E-state index contributed by atoms with van der Waals surface area (Å²) in [4.78, 5) is 19.1. The van der Waals surface area contributed by atoms with E-state index in [4.69, 9.17) is 4.52 Å². The van der Waals surface area contributed by atoms with E-state index < -0.39 is 10.0 Å². The average molecular weight is 461 g/mol. The zero-order chi connectivity index (χ0) is 22.2. The highest BCUT2D eigenvalue weighted by Crippen LogP contribution is 2.25. The van der Waals surface area contributed by atoms with Crippen LogP contribution in [0, 0.1) is 20.8 Å². The predicted octanol–water partition coefficient (Wildman–Crippen LogP) is 2.80. The quantitative estimate of drug-likeness (QED) is 0.581. The van der Waals surface area contributed by atoms with Crippen LogP contribution in [-0.4, -0.2) is 59.8 Å². The van der Waals surface area contributed by atoms with E-state index in [0.717, 1.165) is 21.8 Å². The molecule has 1 aliphatic heterocycles. The van der Waals surface area contributed by atoms with Gasteiger partial charge in [-0.1, -0.05) is 29.4 Å². The van der Waals surface area contributed by atoms with Crippen LogP contribution in [0.25, 0.3) is 11.3 Å². The molecule has 0 aliphatic carbocycles. The molecule has 4 rings (SSSR count). The van der Waals surface area contributed by atoms with E-state index in [2.05, 4.69) is 10.1 Å². The summed E-state index contributed by atoms with van der Waals surface area (Å²) in [6.07, 6.45) is 0.285. The van der Waals surface area contributed by atoms with Crippen molar-refractivity contribution in [2.75, 3.05) is 26.2 Å². The maximum absolute atomic E-state index is 12.9. The molecule has 10 heteroatoms. The monoisotopic (exact) mass is 460 g/mol. The molecule has 0 bridgehead atoms. The number of piperazine rings is 1. The minimum Gasteiger partial charge on any atom is -0.360 e. The Morgan fingerprint density at radius 2 is 1.77 bits per heavy atom. The molecule has 3 heterocycles. The van der Waals surface area contributed by atoms with Gasteiger partial charge in [-0.15, -0.1) is 11.3 Å². The molecule has 2 aromatic heterocycles. The van der Waals surface area contributed by atoms with Gasteiger partial charge in [-0.2, -0.15) is 4.31 Å². The molecule has 0 unspecified atom stereocenters. The van der Waals surface area contributed by atoms with Crippen molar-refractivity contribution in [3.05, 3.63) is 51.7 Å². The first-order valence-corrected chi connectivity index (χ1v) is 12.3. The van der Waals surface area contributed by atoms with Crippen LogP contribution in [0.5, 0.6) is 0 Å². The first kappa shape index (κ1) is 21.7. The number of aryl methyl sites for hydroxylation is 3. The van der Waals surface area contributed by atoms with Gasteiger partial charge in [0.05, 0.1) is 17.1 Å². The summed E-state index contributed by atoms with van der Waals surface area (Å²) in [5.74, 6) is 0.277. The lowest BCUT2D eigenvalue weighted by Crippen LogP contribution is -2.51. The maximum atomic E-state index is 12.9. The van der Waals surface area contributed by atoms with E-state index in [1.54, 1.807) is 30.1 Å². The van der Waals surface area contributed by atoms with Crippen molar-refractivity contribution in [3.63, 3.8) is 0 Å². The van der Waals surface area contributed by atoms with E-state index in [9.17, 15) is 13.2 Å². The Morgan fingerprint density at radius 1 is 1.10 bits per heavy atom. The van der Waals surface area contributed by atoms with Crippen LogP contribution >= 0.6 is 11.3 Å². The molecule has 0 N–H and O–H groups in total. The Bertz CT molecular complexity index is 1170. The molecule has 31 heavy (non-hydrogen) atoms. The zero-order valence-electron chi connectivity index (χ0n) is 17.7. The second-order valence-corrected chi connectivity index (χ2v) is 10.5. The van der Waals surface area contributed by atoms with Gasteiger partial charge in [-0.25, -0.2) is 13.4 Å². The standard InChI is InChI=1S/C21H24N4O4S2/c1-14-21(15(2)29-23-14)31(27,28)25-10-8-24(9-11-25)20(26)12-17-4-6-18(7-5-17)19-13-30-16(3)22-19/h4-7,13H,8-12H2,1-3H3. The third kappa shape index (κ3) is 4.41. The van der Waals surface area contributed by atoms with Gasteiger partial charge in [0.2, 0.25) is 15.9 Å². The molecule has 1 saturated heterocycles. The van der Waals surface area contributed by atoms with E-state index >= 15 is 0 Å². The molecule has 0 spiro atoms. The summed E-state index contributed by atoms with van der Waals surface area (Å²) in [5.41, 5.74) is 3.24. The van der Waals surface area contributed by atoms with Crippen molar-refractivity contribution in [1.29, 1.82) is 0 Å². The number of sulfonamides is 1. The summed E-state index contributed by atoms with van der Waals surface area (Å²) in [5, 5.41) is 6.78. The topological polar surface area (TPSA) is 96.6 Å². The minimum absolute atomic E-state index is 0.00774. The summed E-state index contributed by atoms with van der Waals surface area (Å²) in [6.45, 7) is 6.40. The van der Waals surface area contributed by atoms with Gasteiger partial charge in [0.25, 0.3) is 0 Å². The number of nitrogens with zero attached hydrogens (tertiary/aromatic N) is 4. The van der Waals surface area contributed by atoms with Crippen molar-refractivity contribution in [1.82, 2.24) is 19.3 Å². The Hall–Kier alpha value is -2.56. The molecule has 1 aliphatic rings. The summed E-state index contributed by atoms with van der Waals surface area (Å²) in [6, 6.07) is 7.84. The second kappa shape index (κ2) is 8.52. The fourth-order valence-corrected chi connectivity index (χ4v) is 6.06. The summed E-state index contributed by atoms with van der Waals surface area (Å²) < 4.78 is 32.3. The SMILES string of the molecule is Cc1nc(-c2ccc(CC(=O)N3CCN(S(=O)(=O)c4c(C)noc4C)CC3)cc2)cs1. The Balaban J connectivity index is 1.36. The number of amides is 1. The highest BCUT2D eigenvalue weighted by atomic mass is 32.2. The number of carbonyl (C=O) groups excluding carboxylic acids is 1. The Labute approximate surface area is 185 Å². The lowest BCUT2D eigenvalue weighted by Gasteiger charge is -2.34. The second-order valence-electron chi connectivity index (χ2n) is 7.56. The van der Waals surface area contributed by atoms with Gasteiger partial charge >= 0.3 is 0 Å². The average Bonchev–Trinajstić information content (AvgIpc) is 3.33. The van der Waals surface area contributed by atoms with Crippen molar-refractivity contribution < 1.29 is 17.7 Å². The molecular formula is C21H24N4O4S2. The normalized spacial score (nSPS) is 15.4. The van der Waals surface area contributed by atoms with Crippen LogP contribution in [0.3, 0.4) is 0 Å². The van der Waals surface area contributed by atoms with Gasteiger partial charge in [-0.3, -0.25) is 4.79 Å². The lowest BCUT2D eigenvalue weighted by atomic mass is 10.1. The Morgan fingerprint density at radius 3 is 2.32 bits per heavy atom. The summed E-state index contributed by atoms with van der Waals surface area (Å²) in [7, 11) is -3.68. The van der Waals surface area contributed by atoms with Crippen LogP contribution in [-0.2, 0) is 21.2 Å². The van der Waals surface area contributed by atoms with Crippen LogP contribution in [0.15, 0.2) is 39.1 Å². The number of thiazole rings is 1. The largest absolute Gasteiger partial charge is 0.360 e. The van der Waals surface area contributed by atoms with Crippen molar-refractivity contribution in [2.24, 2.45) is 0 Å². The third-order valence-electron chi connectivity index (χ3n) is 5.38.